The Morgan fingerprint density at radius 2 is 2.00 bits per heavy atom. The molecule has 1 saturated heterocycles. The maximum Gasteiger partial charge on any atom is 1.00 e. The molecule has 2 N–H and O–H groups in total. The summed E-state index contributed by atoms with van der Waals surface area (Å²) in [5, 5.41) is 6.45. The molecule has 1 aliphatic heterocycles. The normalized spacial score (nSPS) is 34.1. The van der Waals surface area contributed by atoms with Crippen molar-refractivity contribution >= 4 is 5.91 Å². The van der Waals surface area contributed by atoms with Gasteiger partial charge in [-0.25, -0.2) is 6.04 Å². The van der Waals surface area contributed by atoms with Crippen molar-refractivity contribution in [3.63, 3.8) is 0 Å². The molecule has 0 aromatic heterocycles. The molecule has 4 heteroatoms. The predicted octanol–water partition coefficient (Wildman–Crippen LogP) is -1.55. The van der Waals surface area contributed by atoms with E-state index in [4.69, 9.17) is 0 Å². The van der Waals surface area contributed by atoms with Crippen LogP contribution in [0, 0.1) is 17.9 Å². The van der Waals surface area contributed by atoms with Crippen LogP contribution in [-0.4, -0.2) is 18.0 Å². The number of nitrogens with one attached hydrogen (secondary N) is 2. The van der Waals surface area contributed by atoms with Crippen LogP contribution in [0.25, 0.3) is 0 Å². The topological polar surface area (TPSA) is 41.1 Å². The van der Waals surface area contributed by atoms with Crippen LogP contribution in [0.5, 0.6) is 0 Å². The van der Waals surface area contributed by atoms with Crippen LogP contribution in [0.1, 0.15) is 40.0 Å². The monoisotopic (exact) mass is 294 g/mol. The average Bonchev–Trinajstić information content (AvgIpc) is 2.19. The first kappa shape index (κ1) is 15.2. The first-order valence-electron chi connectivity index (χ1n) is 5.99. The number of hydrogen-bond acceptors (Lipinski definition) is 2. The van der Waals surface area contributed by atoms with Gasteiger partial charge in [0.15, 0.2) is 0 Å². The Hall–Kier alpha value is 1.11. The third kappa shape index (κ3) is 3.32. The Balaban J connectivity index is 0.00000128. The number of fused-ring (bicyclic) bond motifs is 1. The molecule has 3 nitrogen and oxygen atoms in total. The van der Waals surface area contributed by atoms with Crippen LogP contribution in [0.4, 0.5) is 0 Å². The zero-order valence-corrected chi connectivity index (χ0v) is 15.8. The van der Waals surface area contributed by atoms with Crippen LogP contribution in [0.15, 0.2) is 0 Å². The molecule has 1 saturated carbocycles. The minimum Gasteiger partial charge on any atom is -0.439 e. The van der Waals surface area contributed by atoms with Crippen molar-refractivity contribution in [3.05, 3.63) is 6.04 Å². The number of hydrogen-bond donors (Lipinski definition) is 2. The summed E-state index contributed by atoms with van der Waals surface area (Å²) in [7, 11) is 0. The summed E-state index contributed by atoms with van der Waals surface area (Å²) in [6.07, 6.45) is 3.61. The number of piperazine rings is 1. The molecule has 1 heterocycles. The van der Waals surface area contributed by atoms with Crippen LogP contribution in [0.2, 0.25) is 0 Å². The SMILES string of the molecule is C[C-]1NC2CCC(C(C)C)CC2NC1=O.[Rb+]. The summed E-state index contributed by atoms with van der Waals surface area (Å²) in [6, 6.07) is 1.60. The van der Waals surface area contributed by atoms with Gasteiger partial charge >= 0.3 is 58.2 Å². The first-order chi connectivity index (χ1) is 7.08. The molecule has 1 amide bonds. The standard InChI is InChI=1S/C12H21N2O.Rb/c1-7(2)9-4-5-10-11(6-9)14-12(15)8(3)13-10;/h7,9-11,13H,4-6H2,1-3H3,(H,14,15);/q-1;+1. The van der Waals surface area contributed by atoms with E-state index in [0.717, 1.165) is 24.3 Å². The van der Waals surface area contributed by atoms with Crippen molar-refractivity contribution in [2.24, 2.45) is 11.8 Å². The molecule has 3 unspecified atom stereocenters. The van der Waals surface area contributed by atoms with Crippen molar-refractivity contribution in [1.82, 2.24) is 10.6 Å². The van der Waals surface area contributed by atoms with E-state index >= 15 is 0 Å². The van der Waals surface area contributed by atoms with Gasteiger partial charge in [0, 0.05) is 12.1 Å². The molecule has 16 heavy (non-hydrogen) atoms. The van der Waals surface area contributed by atoms with Crippen molar-refractivity contribution in [2.75, 3.05) is 0 Å². The molecule has 86 valence electrons. The van der Waals surface area contributed by atoms with Gasteiger partial charge in [0.1, 0.15) is 0 Å². The Morgan fingerprint density at radius 1 is 1.31 bits per heavy atom. The van der Waals surface area contributed by atoms with Gasteiger partial charge in [-0.1, -0.05) is 13.8 Å². The maximum atomic E-state index is 11.5. The second-order valence-corrected chi connectivity index (χ2v) is 5.27. The van der Waals surface area contributed by atoms with E-state index in [0.29, 0.717) is 12.1 Å². The Morgan fingerprint density at radius 3 is 2.62 bits per heavy atom. The second kappa shape index (κ2) is 6.32. The Labute approximate surface area is 147 Å². The molecule has 2 rings (SSSR count). The smallest absolute Gasteiger partial charge is 0.439 e. The van der Waals surface area contributed by atoms with E-state index < -0.39 is 0 Å². The van der Waals surface area contributed by atoms with E-state index in [9.17, 15) is 4.79 Å². The van der Waals surface area contributed by atoms with Crippen LogP contribution < -0.4 is 68.8 Å². The average molecular weight is 295 g/mol. The summed E-state index contributed by atoms with van der Waals surface area (Å²) >= 11 is 0. The molecule has 1 aliphatic carbocycles. The zero-order valence-electron chi connectivity index (χ0n) is 10.8. The summed E-state index contributed by atoms with van der Waals surface area (Å²) in [4.78, 5) is 11.5. The van der Waals surface area contributed by atoms with Crippen LogP contribution in [0.3, 0.4) is 0 Å². The fraction of sp³-hybridized carbons (Fsp3) is 0.833. The fourth-order valence-corrected chi connectivity index (χ4v) is 2.76. The number of carbonyl (C=O) groups excluding carboxylic acids is 1. The second-order valence-electron chi connectivity index (χ2n) is 5.27. The molecular weight excluding hydrogens is 274 g/mol. The summed E-state index contributed by atoms with van der Waals surface area (Å²) in [5.74, 6) is 1.59. The molecule has 2 aliphatic rings. The predicted molar refractivity (Wildman–Crippen MR) is 60.0 cm³/mol. The zero-order chi connectivity index (χ0) is 11.0. The van der Waals surface area contributed by atoms with Gasteiger partial charge in [-0.3, -0.25) is 0 Å². The summed E-state index contributed by atoms with van der Waals surface area (Å²) in [5.41, 5.74) is 0. The minimum absolute atomic E-state index is 0. The third-order valence-electron chi connectivity index (χ3n) is 3.89. The van der Waals surface area contributed by atoms with Gasteiger partial charge in [0.05, 0.1) is 5.91 Å². The quantitative estimate of drug-likeness (QED) is 0.575. The van der Waals surface area contributed by atoms with Crippen LogP contribution in [-0.2, 0) is 4.79 Å². The van der Waals surface area contributed by atoms with E-state index in [1.54, 1.807) is 0 Å². The van der Waals surface area contributed by atoms with Crippen molar-refractivity contribution in [2.45, 2.75) is 52.1 Å². The largest absolute Gasteiger partial charge is 1.00 e. The fourth-order valence-electron chi connectivity index (χ4n) is 2.76. The molecule has 3 atom stereocenters. The van der Waals surface area contributed by atoms with Crippen molar-refractivity contribution in [1.29, 1.82) is 0 Å². The Bertz CT molecular complexity index is 257. The van der Waals surface area contributed by atoms with E-state index in [2.05, 4.69) is 24.5 Å². The molecule has 0 aromatic carbocycles. The number of amides is 1. The molecule has 2 fully saturated rings. The molecule has 0 radical (unpaired) electrons. The van der Waals surface area contributed by atoms with E-state index in [-0.39, 0.29) is 64.1 Å². The molecular formula is C12H21N2ORb. The minimum atomic E-state index is 0. The van der Waals surface area contributed by atoms with Gasteiger partial charge in [0.2, 0.25) is 0 Å². The van der Waals surface area contributed by atoms with E-state index in [1.165, 1.54) is 12.8 Å². The molecule has 0 spiro atoms. The molecule has 0 bridgehead atoms. The van der Waals surface area contributed by atoms with Gasteiger partial charge in [-0.15, -0.1) is 0 Å². The summed E-state index contributed by atoms with van der Waals surface area (Å²) in [6.45, 7) is 6.42. The summed E-state index contributed by atoms with van der Waals surface area (Å²) < 4.78 is 0. The van der Waals surface area contributed by atoms with Crippen molar-refractivity contribution < 1.29 is 63.0 Å². The first-order valence-corrected chi connectivity index (χ1v) is 5.99. The maximum absolute atomic E-state index is 11.5. The number of carbonyl (C=O) groups is 1. The van der Waals surface area contributed by atoms with Crippen LogP contribution >= 0.6 is 0 Å². The third-order valence-corrected chi connectivity index (χ3v) is 3.89. The van der Waals surface area contributed by atoms with Gasteiger partial charge in [-0.05, 0) is 31.1 Å². The van der Waals surface area contributed by atoms with Crippen molar-refractivity contribution in [3.8, 4) is 0 Å². The van der Waals surface area contributed by atoms with Gasteiger partial charge in [-0.2, -0.15) is 6.92 Å². The van der Waals surface area contributed by atoms with Gasteiger partial charge in [0.25, 0.3) is 0 Å². The van der Waals surface area contributed by atoms with Gasteiger partial charge < -0.3 is 15.4 Å². The Kier molecular flexibility index (Phi) is 5.99. The number of rotatable bonds is 1. The molecule has 0 aromatic rings. The van der Waals surface area contributed by atoms with E-state index in [1.807, 2.05) is 6.92 Å².